The monoisotopic (exact) mass is 298 g/mol. The van der Waals surface area contributed by atoms with Crippen LogP contribution in [0.4, 0.5) is 5.82 Å². The molecule has 20 heavy (non-hydrogen) atoms. The zero-order valence-corrected chi connectivity index (χ0v) is 11.5. The summed E-state index contributed by atoms with van der Waals surface area (Å²) in [5.41, 5.74) is 7.08. The molecule has 8 heteroatoms. The van der Waals surface area contributed by atoms with E-state index in [0.717, 1.165) is 0 Å². The minimum atomic E-state index is -1.07. The fourth-order valence-electron chi connectivity index (χ4n) is 2.57. The fraction of sp³-hybridized carbons (Fsp3) is 0.500. The number of nitrogen functional groups attached to an aromatic ring is 1. The highest BCUT2D eigenvalue weighted by atomic mass is 35.5. The molecule has 4 atom stereocenters. The van der Waals surface area contributed by atoms with Crippen LogP contribution in [0.25, 0.3) is 5.52 Å². The third kappa shape index (κ3) is 1.78. The van der Waals surface area contributed by atoms with E-state index in [1.165, 1.54) is 6.33 Å². The van der Waals surface area contributed by atoms with Gasteiger partial charge in [0.15, 0.2) is 5.82 Å². The number of alkyl halides is 1. The van der Waals surface area contributed by atoms with Crippen molar-refractivity contribution in [3.8, 4) is 0 Å². The molecule has 0 bridgehead atoms. The third-order valence-corrected chi connectivity index (χ3v) is 4.14. The first-order valence-corrected chi connectivity index (χ1v) is 6.56. The van der Waals surface area contributed by atoms with Crippen LogP contribution in [-0.2, 0) is 4.74 Å². The molecule has 0 saturated carbocycles. The normalized spacial score (nSPS) is 33.9. The number of aromatic nitrogens is 3. The largest absolute Gasteiger partial charge is 0.394 e. The summed E-state index contributed by atoms with van der Waals surface area (Å²) in [6, 6.07) is 3.54. The van der Waals surface area contributed by atoms with Gasteiger partial charge in [-0.2, -0.15) is 5.10 Å². The van der Waals surface area contributed by atoms with Crippen LogP contribution in [0.15, 0.2) is 18.5 Å². The van der Waals surface area contributed by atoms with E-state index in [1.807, 2.05) is 0 Å². The molecule has 2 aromatic heterocycles. The molecule has 3 rings (SSSR count). The highest BCUT2D eigenvalue weighted by Crippen LogP contribution is 2.46. The molecule has 1 unspecified atom stereocenters. The van der Waals surface area contributed by atoms with Crippen LogP contribution in [0.2, 0.25) is 0 Å². The highest BCUT2D eigenvalue weighted by molar-refractivity contribution is 6.24. The van der Waals surface area contributed by atoms with Crippen molar-refractivity contribution in [1.82, 2.24) is 14.6 Å². The van der Waals surface area contributed by atoms with Gasteiger partial charge >= 0.3 is 0 Å². The average molecular weight is 299 g/mol. The molecule has 0 radical (unpaired) electrons. The van der Waals surface area contributed by atoms with Crippen LogP contribution in [0.5, 0.6) is 0 Å². The lowest BCUT2D eigenvalue weighted by Gasteiger charge is -2.25. The molecule has 1 fully saturated rings. The van der Waals surface area contributed by atoms with E-state index in [4.69, 9.17) is 22.1 Å². The summed E-state index contributed by atoms with van der Waals surface area (Å²) >= 11 is 6.42. The molecule has 2 aromatic rings. The summed E-state index contributed by atoms with van der Waals surface area (Å²) in [7, 11) is 0. The number of ether oxygens (including phenoxy) is 1. The Morgan fingerprint density at radius 2 is 2.30 bits per heavy atom. The molecular weight excluding hydrogens is 284 g/mol. The van der Waals surface area contributed by atoms with Crippen molar-refractivity contribution < 1.29 is 14.9 Å². The zero-order valence-electron chi connectivity index (χ0n) is 10.8. The van der Waals surface area contributed by atoms with Crippen molar-refractivity contribution in [3.05, 3.63) is 24.2 Å². The van der Waals surface area contributed by atoms with Gasteiger partial charge in [0.25, 0.3) is 0 Å². The summed E-state index contributed by atoms with van der Waals surface area (Å²) in [5, 5.41) is 23.5. The Balaban J connectivity index is 2.10. The summed E-state index contributed by atoms with van der Waals surface area (Å²) in [6.45, 7) is 1.36. The molecule has 1 saturated heterocycles. The number of hydrogen-bond acceptors (Lipinski definition) is 6. The first kappa shape index (κ1) is 13.6. The predicted molar refractivity (Wildman–Crippen MR) is 72.4 cm³/mol. The zero-order chi connectivity index (χ0) is 14.5. The Morgan fingerprint density at radius 1 is 1.55 bits per heavy atom. The molecular formula is C12H15ClN4O3. The maximum Gasteiger partial charge on any atom is 0.151 e. The smallest absolute Gasteiger partial charge is 0.151 e. The van der Waals surface area contributed by atoms with Crippen LogP contribution >= 0.6 is 11.6 Å². The van der Waals surface area contributed by atoms with Gasteiger partial charge in [0.05, 0.1) is 12.3 Å². The van der Waals surface area contributed by atoms with Crippen LogP contribution in [0.3, 0.4) is 0 Å². The van der Waals surface area contributed by atoms with Crippen molar-refractivity contribution in [2.75, 3.05) is 12.3 Å². The molecule has 3 heterocycles. The molecule has 0 aliphatic carbocycles. The first-order valence-electron chi connectivity index (χ1n) is 6.18. The maximum absolute atomic E-state index is 10.1. The Labute approximate surface area is 119 Å². The molecule has 0 aromatic carbocycles. The van der Waals surface area contributed by atoms with Gasteiger partial charge in [-0.25, -0.2) is 9.50 Å². The Bertz CT molecular complexity index is 645. The second-order valence-corrected chi connectivity index (χ2v) is 5.85. The Hall–Kier alpha value is -1.41. The van der Waals surface area contributed by atoms with Crippen LogP contribution in [-0.4, -0.2) is 48.5 Å². The Morgan fingerprint density at radius 3 is 2.95 bits per heavy atom. The lowest BCUT2D eigenvalue weighted by Crippen LogP contribution is -2.38. The summed E-state index contributed by atoms with van der Waals surface area (Å²) < 4.78 is 7.26. The van der Waals surface area contributed by atoms with E-state index in [2.05, 4.69) is 10.1 Å². The van der Waals surface area contributed by atoms with Gasteiger partial charge in [0.1, 0.15) is 35.0 Å². The SMILES string of the molecule is C[C@]1(Cl)C(c2ccc3c(N)ncnn23)O[C@H](CO)[C@H]1O. The molecule has 108 valence electrons. The number of nitrogens with zero attached hydrogens (tertiary/aromatic N) is 3. The third-order valence-electron chi connectivity index (χ3n) is 3.71. The highest BCUT2D eigenvalue weighted by Gasteiger charge is 2.53. The van der Waals surface area contributed by atoms with Gasteiger partial charge in [-0.05, 0) is 19.1 Å². The lowest BCUT2D eigenvalue weighted by molar-refractivity contribution is -0.0240. The van der Waals surface area contributed by atoms with E-state index in [0.29, 0.717) is 17.0 Å². The number of rotatable bonds is 2. The van der Waals surface area contributed by atoms with Gasteiger partial charge in [-0.1, -0.05) is 0 Å². The topological polar surface area (TPSA) is 106 Å². The molecule has 4 N–H and O–H groups in total. The summed E-state index contributed by atoms with van der Waals surface area (Å²) in [6.07, 6.45) is -0.990. The molecule has 7 nitrogen and oxygen atoms in total. The minimum Gasteiger partial charge on any atom is -0.394 e. The summed E-state index contributed by atoms with van der Waals surface area (Å²) in [5.74, 6) is 0.347. The van der Waals surface area contributed by atoms with Crippen molar-refractivity contribution in [2.45, 2.75) is 30.1 Å². The van der Waals surface area contributed by atoms with Gasteiger partial charge in [-0.15, -0.1) is 11.6 Å². The molecule has 1 aliphatic rings. The van der Waals surface area contributed by atoms with Gasteiger partial charge in [0, 0.05) is 0 Å². The van der Waals surface area contributed by atoms with E-state index in [9.17, 15) is 10.2 Å². The quantitative estimate of drug-likeness (QED) is 0.679. The summed E-state index contributed by atoms with van der Waals surface area (Å²) in [4.78, 5) is 2.84. The number of aliphatic hydroxyl groups excluding tert-OH is 2. The number of nitrogens with two attached hydrogens (primary N) is 1. The van der Waals surface area contributed by atoms with Crippen LogP contribution in [0.1, 0.15) is 18.7 Å². The lowest BCUT2D eigenvalue weighted by atomic mass is 9.95. The number of halogens is 1. The van der Waals surface area contributed by atoms with Gasteiger partial charge in [0.2, 0.25) is 0 Å². The number of aliphatic hydroxyl groups is 2. The van der Waals surface area contributed by atoms with E-state index in [1.54, 1.807) is 23.6 Å². The van der Waals surface area contributed by atoms with Gasteiger partial charge in [-0.3, -0.25) is 0 Å². The molecule has 0 spiro atoms. The van der Waals surface area contributed by atoms with Gasteiger partial charge < -0.3 is 20.7 Å². The molecule has 0 amide bonds. The number of hydrogen-bond donors (Lipinski definition) is 3. The fourth-order valence-corrected chi connectivity index (χ4v) is 2.88. The van der Waals surface area contributed by atoms with Crippen LogP contribution in [0, 0.1) is 0 Å². The number of fused-ring (bicyclic) bond motifs is 1. The predicted octanol–water partition coefficient (Wildman–Crippen LogP) is 0.102. The standard InChI is InChI=1S/C12H15ClN4O3/c1-12(13)9(19)8(4-18)20-10(12)6-2-3-7-11(14)15-5-16-17(6)7/h2-3,5,8-10,18-19H,4H2,1H3,(H2,14,15,16)/t8-,9-,10?,12-/m1/s1. The Kier molecular flexibility index (Phi) is 3.09. The second-order valence-electron chi connectivity index (χ2n) is 5.03. The molecule has 1 aliphatic heterocycles. The minimum absolute atomic E-state index is 0.305. The van der Waals surface area contributed by atoms with Crippen molar-refractivity contribution in [1.29, 1.82) is 0 Å². The van der Waals surface area contributed by atoms with E-state index in [-0.39, 0.29) is 6.61 Å². The van der Waals surface area contributed by atoms with Crippen molar-refractivity contribution >= 4 is 22.9 Å². The van der Waals surface area contributed by atoms with E-state index < -0.39 is 23.2 Å². The van der Waals surface area contributed by atoms with Crippen molar-refractivity contribution in [2.24, 2.45) is 0 Å². The first-order chi connectivity index (χ1) is 9.46. The average Bonchev–Trinajstić information content (AvgIpc) is 2.92. The maximum atomic E-state index is 10.1. The van der Waals surface area contributed by atoms with Crippen molar-refractivity contribution in [3.63, 3.8) is 0 Å². The second kappa shape index (κ2) is 4.56. The number of anilines is 1. The van der Waals surface area contributed by atoms with E-state index >= 15 is 0 Å². The van der Waals surface area contributed by atoms with Crippen LogP contribution < -0.4 is 5.73 Å².